The Hall–Kier alpha value is -1.91. The van der Waals surface area contributed by atoms with Crippen LogP contribution in [0.1, 0.15) is 44.0 Å². The summed E-state index contributed by atoms with van der Waals surface area (Å²) in [6.45, 7) is 6.58. The van der Waals surface area contributed by atoms with Crippen LogP contribution in [0.3, 0.4) is 0 Å². The van der Waals surface area contributed by atoms with Gasteiger partial charge in [0.25, 0.3) is 0 Å². The van der Waals surface area contributed by atoms with E-state index in [1.807, 2.05) is 6.20 Å². The molecule has 1 fully saturated rings. The Morgan fingerprint density at radius 3 is 2.59 bits per heavy atom. The molecule has 8 nitrogen and oxygen atoms in total. The quantitative estimate of drug-likeness (QED) is 0.337. The van der Waals surface area contributed by atoms with Gasteiger partial charge in [-0.15, -0.1) is 34.2 Å². The summed E-state index contributed by atoms with van der Waals surface area (Å²) in [7, 11) is 1.78. The molecule has 1 aliphatic rings. The van der Waals surface area contributed by atoms with E-state index in [1.165, 1.54) is 25.7 Å². The largest absolute Gasteiger partial charge is 0.357 e. The summed E-state index contributed by atoms with van der Waals surface area (Å²) in [4.78, 5) is 11.4. The van der Waals surface area contributed by atoms with Gasteiger partial charge in [0, 0.05) is 52.4 Å². The number of nitrogens with zero attached hydrogens (tertiary/aromatic N) is 6. The Morgan fingerprint density at radius 1 is 1.14 bits per heavy atom. The van der Waals surface area contributed by atoms with Gasteiger partial charge in [-0.3, -0.25) is 4.99 Å². The van der Waals surface area contributed by atoms with Gasteiger partial charge in [0.2, 0.25) is 0 Å². The molecule has 1 saturated heterocycles. The van der Waals surface area contributed by atoms with Gasteiger partial charge in [0.05, 0.1) is 0 Å². The lowest BCUT2D eigenvalue weighted by molar-refractivity contribution is 0.632. The first-order valence-corrected chi connectivity index (χ1v) is 10.3. The van der Waals surface area contributed by atoms with E-state index in [0.29, 0.717) is 6.54 Å². The zero-order valence-electron chi connectivity index (χ0n) is 17.5. The smallest absolute Gasteiger partial charge is 0.191 e. The van der Waals surface area contributed by atoms with Crippen LogP contribution in [-0.2, 0) is 19.5 Å². The number of rotatable bonds is 7. The highest BCUT2D eigenvalue weighted by molar-refractivity contribution is 14.0. The molecule has 0 amide bonds. The van der Waals surface area contributed by atoms with Crippen LogP contribution >= 0.6 is 24.0 Å². The summed E-state index contributed by atoms with van der Waals surface area (Å²) in [5.74, 6) is 2.87. The average Bonchev–Trinajstić information content (AvgIpc) is 3.01. The van der Waals surface area contributed by atoms with Gasteiger partial charge < -0.3 is 20.1 Å². The summed E-state index contributed by atoms with van der Waals surface area (Å²) in [5.41, 5.74) is 1.15. The molecule has 160 valence electrons. The summed E-state index contributed by atoms with van der Waals surface area (Å²) in [6.07, 6.45) is 9.82. The molecule has 0 radical (unpaired) electrons. The number of anilines is 1. The molecule has 0 unspecified atom stereocenters. The molecule has 0 saturated carbocycles. The van der Waals surface area contributed by atoms with Gasteiger partial charge >= 0.3 is 0 Å². The number of aromatic nitrogens is 4. The van der Waals surface area contributed by atoms with E-state index in [2.05, 4.69) is 59.3 Å². The highest BCUT2D eigenvalue weighted by atomic mass is 127. The number of aliphatic imine (C=N–C) groups is 1. The molecule has 0 spiro atoms. The van der Waals surface area contributed by atoms with Crippen molar-refractivity contribution in [2.75, 3.05) is 31.6 Å². The first-order chi connectivity index (χ1) is 13.8. The molecule has 2 aromatic rings. The molecule has 0 atom stereocenters. The van der Waals surface area contributed by atoms with E-state index in [-0.39, 0.29) is 24.0 Å². The minimum Gasteiger partial charge on any atom is -0.357 e. The van der Waals surface area contributed by atoms with E-state index >= 15 is 0 Å². The van der Waals surface area contributed by atoms with E-state index < -0.39 is 0 Å². The Morgan fingerprint density at radius 2 is 1.93 bits per heavy atom. The number of hydrogen-bond acceptors (Lipinski definition) is 5. The van der Waals surface area contributed by atoms with E-state index in [0.717, 1.165) is 55.8 Å². The number of nitrogens with one attached hydrogen (secondary N) is 2. The number of halogens is 1. The van der Waals surface area contributed by atoms with Gasteiger partial charge in [-0.1, -0.05) is 25.8 Å². The molecule has 3 heterocycles. The van der Waals surface area contributed by atoms with Gasteiger partial charge in [-0.2, -0.15) is 0 Å². The van der Waals surface area contributed by atoms with Crippen LogP contribution in [-0.4, -0.2) is 52.4 Å². The number of aryl methyl sites for hydroxylation is 1. The molecule has 1 aliphatic heterocycles. The molecular formula is C20H33IN8. The maximum atomic E-state index is 4.67. The Kier molecular flexibility index (Phi) is 10.2. The van der Waals surface area contributed by atoms with Crippen LogP contribution in [0.25, 0.3) is 0 Å². The second-order valence-corrected chi connectivity index (χ2v) is 7.07. The van der Waals surface area contributed by atoms with Crippen molar-refractivity contribution in [1.82, 2.24) is 30.4 Å². The van der Waals surface area contributed by atoms with Crippen molar-refractivity contribution in [3.05, 3.63) is 36.0 Å². The molecule has 0 aromatic carbocycles. The SMILES string of the molecule is CCc1nncn1CCNC(=NC)NCc1ccc(N2CCCCCC2)nc1.I. The predicted octanol–water partition coefficient (Wildman–Crippen LogP) is 2.60. The second-order valence-electron chi connectivity index (χ2n) is 7.07. The fraction of sp³-hybridized carbons (Fsp3) is 0.600. The maximum Gasteiger partial charge on any atom is 0.191 e. The Bertz CT molecular complexity index is 735. The van der Waals surface area contributed by atoms with E-state index in [1.54, 1.807) is 13.4 Å². The molecular weight excluding hydrogens is 479 g/mol. The lowest BCUT2D eigenvalue weighted by atomic mass is 10.2. The normalized spacial score (nSPS) is 14.8. The predicted molar refractivity (Wildman–Crippen MR) is 128 cm³/mol. The van der Waals surface area contributed by atoms with Crippen molar-refractivity contribution in [2.45, 2.75) is 52.1 Å². The third-order valence-corrected chi connectivity index (χ3v) is 5.08. The van der Waals surface area contributed by atoms with E-state index in [4.69, 9.17) is 0 Å². The first-order valence-electron chi connectivity index (χ1n) is 10.3. The van der Waals surface area contributed by atoms with Crippen molar-refractivity contribution in [3.8, 4) is 0 Å². The van der Waals surface area contributed by atoms with Gasteiger partial charge in [0.1, 0.15) is 18.0 Å². The molecule has 29 heavy (non-hydrogen) atoms. The maximum absolute atomic E-state index is 4.67. The van der Waals surface area contributed by atoms with Crippen LogP contribution < -0.4 is 15.5 Å². The minimum atomic E-state index is 0. The number of guanidine groups is 1. The summed E-state index contributed by atoms with van der Waals surface area (Å²) in [5, 5.41) is 14.7. The van der Waals surface area contributed by atoms with Gasteiger partial charge in [-0.05, 0) is 24.5 Å². The van der Waals surface area contributed by atoms with Crippen molar-refractivity contribution in [1.29, 1.82) is 0 Å². The Labute approximate surface area is 190 Å². The van der Waals surface area contributed by atoms with Crippen LogP contribution in [0, 0.1) is 0 Å². The first kappa shape index (κ1) is 23.4. The molecule has 2 N–H and O–H groups in total. The highest BCUT2D eigenvalue weighted by Gasteiger charge is 2.10. The summed E-state index contributed by atoms with van der Waals surface area (Å²) >= 11 is 0. The fourth-order valence-electron chi connectivity index (χ4n) is 3.45. The molecule has 3 rings (SSSR count). The zero-order valence-corrected chi connectivity index (χ0v) is 19.8. The van der Waals surface area contributed by atoms with Crippen LogP contribution in [0.4, 0.5) is 5.82 Å². The van der Waals surface area contributed by atoms with Crippen LogP contribution in [0.15, 0.2) is 29.6 Å². The lowest BCUT2D eigenvalue weighted by Gasteiger charge is -2.21. The fourth-order valence-corrected chi connectivity index (χ4v) is 3.45. The number of hydrogen-bond donors (Lipinski definition) is 2. The van der Waals surface area contributed by atoms with Crippen molar-refractivity contribution < 1.29 is 0 Å². The third kappa shape index (κ3) is 7.13. The van der Waals surface area contributed by atoms with Gasteiger partial charge in [-0.25, -0.2) is 4.98 Å². The average molecular weight is 512 g/mol. The molecule has 9 heteroatoms. The minimum absolute atomic E-state index is 0. The monoisotopic (exact) mass is 512 g/mol. The summed E-state index contributed by atoms with van der Waals surface area (Å²) in [6, 6.07) is 4.29. The summed E-state index contributed by atoms with van der Waals surface area (Å²) < 4.78 is 2.06. The van der Waals surface area contributed by atoms with Crippen molar-refractivity contribution in [2.24, 2.45) is 4.99 Å². The molecule has 0 aliphatic carbocycles. The molecule has 0 bridgehead atoms. The topological polar surface area (TPSA) is 83.3 Å². The van der Waals surface area contributed by atoms with Crippen molar-refractivity contribution in [3.63, 3.8) is 0 Å². The second kappa shape index (κ2) is 12.6. The molecule has 2 aromatic heterocycles. The lowest BCUT2D eigenvalue weighted by Crippen LogP contribution is -2.38. The Balaban J connectivity index is 0.00000300. The zero-order chi connectivity index (χ0) is 19.6. The van der Waals surface area contributed by atoms with Crippen LogP contribution in [0.2, 0.25) is 0 Å². The van der Waals surface area contributed by atoms with E-state index in [9.17, 15) is 0 Å². The highest BCUT2D eigenvalue weighted by Crippen LogP contribution is 2.17. The van der Waals surface area contributed by atoms with Crippen molar-refractivity contribution >= 4 is 35.8 Å². The van der Waals surface area contributed by atoms with Crippen LogP contribution in [0.5, 0.6) is 0 Å². The standard InChI is InChI=1S/C20H32N8.HI/c1-3-18-26-25-16-28(18)13-10-22-20(21-2)24-15-17-8-9-19(23-14-17)27-11-6-4-5-7-12-27;/h8-9,14,16H,3-7,10-13,15H2,1-2H3,(H2,21,22,24);1H. The number of pyridine rings is 1. The third-order valence-electron chi connectivity index (χ3n) is 5.08. The van der Waals surface area contributed by atoms with Gasteiger partial charge in [0.15, 0.2) is 5.96 Å².